The fraction of sp³-hybridized carbons (Fsp3) is 0.263. The first-order chi connectivity index (χ1) is 11.1. The molecule has 0 N–H and O–H groups in total. The number of anilines is 2. The van der Waals surface area contributed by atoms with E-state index in [-0.39, 0.29) is 12.5 Å². The largest absolute Gasteiger partial charge is 0.378 e. The van der Waals surface area contributed by atoms with Gasteiger partial charge in [0.2, 0.25) is 5.91 Å². The van der Waals surface area contributed by atoms with Crippen molar-refractivity contribution in [2.75, 3.05) is 30.4 Å². The minimum atomic E-state index is -0.0343. The third-order valence-corrected chi connectivity index (χ3v) is 3.65. The monoisotopic (exact) mass is 307 g/mol. The van der Waals surface area contributed by atoms with E-state index in [9.17, 15) is 4.79 Å². The van der Waals surface area contributed by atoms with E-state index in [0.29, 0.717) is 12.8 Å². The van der Waals surface area contributed by atoms with E-state index >= 15 is 0 Å². The van der Waals surface area contributed by atoms with Crippen LogP contribution in [0, 0.1) is 11.3 Å². The summed E-state index contributed by atoms with van der Waals surface area (Å²) >= 11 is 0. The molecule has 0 aromatic heterocycles. The minimum Gasteiger partial charge on any atom is -0.378 e. The van der Waals surface area contributed by atoms with E-state index in [0.717, 1.165) is 16.9 Å². The molecule has 2 rings (SSSR count). The maximum Gasteiger partial charge on any atom is 0.228 e. The molecular weight excluding hydrogens is 286 g/mol. The molecule has 0 heterocycles. The molecule has 23 heavy (non-hydrogen) atoms. The summed E-state index contributed by atoms with van der Waals surface area (Å²) in [5.74, 6) is -0.0343. The number of amides is 1. The number of nitriles is 1. The number of hydrogen-bond donors (Lipinski definition) is 0. The van der Waals surface area contributed by atoms with Gasteiger partial charge in [0.15, 0.2) is 0 Å². The molecule has 0 fully saturated rings. The Morgan fingerprint density at radius 2 is 1.74 bits per heavy atom. The summed E-state index contributed by atoms with van der Waals surface area (Å²) in [5, 5.41) is 8.98. The molecule has 1 amide bonds. The lowest BCUT2D eigenvalue weighted by Crippen LogP contribution is -2.31. The number of aryl methyl sites for hydroxylation is 1. The molecule has 2 aromatic carbocycles. The maximum atomic E-state index is 12.5. The van der Waals surface area contributed by atoms with E-state index in [4.69, 9.17) is 5.26 Å². The number of nitrogens with zero attached hydrogens (tertiary/aromatic N) is 3. The second-order valence-corrected chi connectivity index (χ2v) is 5.54. The molecule has 0 aliphatic rings. The van der Waals surface area contributed by atoms with E-state index in [1.54, 1.807) is 0 Å². The van der Waals surface area contributed by atoms with Crippen molar-refractivity contribution in [1.82, 2.24) is 0 Å². The highest BCUT2D eigenvalue weighted by molar-refractivity contribution is 5.93. The van der Waals surface area contributed by atoms with Gasteiger partial charge in [-0.25, -0.2) is 0 Å². The molecule has 4 nitrogen and oxygen atoms in total. The Kier molecular flexibility index (Phi) is 5.76. The molecular formula is C19H21N3O. The van der Waals surface area contributed by atoms with Gasteiger partial charge in [-0.05, 0) is 36.2 Å². The standard InChI is InChI=1S/C19H21N3O/c1-21(2)18-10-6-7-16(15-18)11-12-19(23)22(14-13-20)17-8-4-3-5-9-17/h3-10,15H,11-12,14H2,1-2H3. The van der Waals surface area contributed by atoms with Crippen LogP contribution in [0.3, 0.4) is 0 Å². The summed E-state index contributed by atoms with van der Waals surface area (Å²) in [7, 11) is 3.99. The lowest BCUT2D eigenvalue weighted by Gasteiger charge is -2.20. The zero-order valence-electron chi connectivity index (χ0n) is 13.6. The summed E-state index contributed by atoms with van der Waals surface area (Å²) in [5.41, 5.74) is 3.00. The van der Waals surface area contributed by atoms with E-state index < -0.39 is 0 Å². The summed E-state index contributed by atoms with van der Waals surface area (Å²) < 4.78 is 0. The fourth-order valence-electron chi connectivity index (χ4n) is 2.38. The van der Waals surface area contributed by atoms with Crippen LogP contribution < -0.4 is 9.80 Å². The molecule has 0 saturated heterocycles. The van der Waals surface area contributed by atoms with Crippen molar-refractivity contribution in [3.8, 4) is 6.07 Å². The first-order valence-corrected chi connectivity index (χ1v) is 7.60. The lowest BCUT2D eigenvalue weighted by molar-refractivity contribution is -0.118. The van der Waals surface area contributed by atoms with Crippen molar-refractivity contribution in [2.45, 2.75) is 12.8 Å². The fourth-order valence-corrected chi connectivity index (χ4v) is 2.38. The van der Waals surface area contributed by atoms with Crippen LogP contribution in [0.15, 0.2) is 54.6 Å². The quantitative estimate of drug-likeness (QED) is 0.770. The summed E-state index contributed by atoms with van der Waals surface area (Å²) in [6.45, 7) is 0.0700. The molecule has 0 unspecified atom stereocenters. The highest BCUT2D eigenvalue weighted by atomic mass is 16.2. The Morgan fingerprint density at radius 1 is 1.04 bits per heavy atom. The molecule has 118 valence electrons. The topological polar surface area (TPSA) is 47.3 Å². The highest BCUT2D eigenvalue weighted by Crippen LogP contribution is 2.17. The smallest absolute Gasteiger partial charge is 0.228 e. The van der Waals surface area contributed by atoms with Crippen molar-refractivity contribution >= 4 is 17.3 Å². The van der Waals surface area contributed by atoms with Gasteiger partial charge in [0, 0.05) is 31.9 Å². The van der Waals surface area contributed by atoms with Gasteiger partial charge in [-0.3, -0.25) is 9.69 Å². The van der Waals surface area contributed by atoms with E-state index in [1.807, 2.05) is 67.5 Å². The Hall–Kier alpha value is -2.80. The van der Waals surface area contributed by atoms with Crippen molar-refractivity contribution in [1.29, 1.82) is 5.26 Å². The van der Waals surface area contributed by atoms with E-state index in [1.165, 1.54) is 4.90 Å². The van der Waals surface area contributed by atoms with Crippen LogP contribution in [-0.4, -0.2) is 26.5 Å². The average Bonchev–Trinajstić information content (AvgIpc) is 2.58. The van der Waals surface area contributed by atoms with Crippen LogP contribution in [0.4, 0.5) is 11.4 Å². The van der Waals surface area contributed by atoms with Crippen molar-refractivity contribution in [3.05, 3.63) is 60.2 Å². The molecule has 4 heteroatoms. The third-order valence-electron chi connectivity index (χ3n) is 3.65. The molecule has 0 aliphatic carbocycles. The van der Waals surface area contributed by atoms with Gasteiger partial charge in [0.1, 0.15) is 6.54 Å². The highest BCUT2D eigenvalue weighted by Gasteiger charge is 2.15. The zero-order chi connectivity index (χ0) is 16.7. The average molecular weight is 307 g/mol. The number of rotatable bonds is 6. The molecule has 0 saturated carbocycles. The van der Waals surface area contributed by atoms with Crippen LogP contribution in [0.1, 0.15) is 12.0 Å². The second-order valence-electron chi connectivity index (χ2n) is 5.54. The van der Waals surface area contributed by atoms with Crippen LogP contribution >= 0.6 is 0 Å². The molecule has 0 aliphatic heterocycles. The van der Waals surface area contributed by atoms with Crippen LogP contribution in [-0.2, 0) is 11.2 Å². The molecule has 0 atom stereocenters. The SMILES string of the molecule is CN(C)c1cccc(CCC(=O)N(CC#N)c2ccccc2)c1. The number of para-hydroxylation sites is 1. The third kappa shape index (κ3) is 4.58. The number of hydrogen-bond acceptors (Lipinski definition) is 3. The van der Waals surface area contributed by atoms with Gasteiger partial charge in [0.05, 0.1) is 6.07 Å². The number of carbonyl (C=O) groups excluding carboxylic acids is 1. The molecule has 2 aromatic rings. The summed E-state index contributed by atoms with van der Waals surface area (Å²) in [4.78, 5) is 16.1. The van der Waals surface area contributed by atoms with Gasteiger partial charge in [-0.15, -0.1) is 0 Å². The molecule has 0 bridgehead atoms. The Labute approximate surface area is 137 Å². The van der Waals surface area contributed by atoms with Gasteiger partial charge < -0.3 is 4.90 Å². The van der Waals surface area contributed by atoms with E-state index in [2.05, 4.69) is 12.1 Å². The Bertz CT molecular complexity index is 689. The Morgan fingerprint density at radius 3 is 2.39 bits per heavy atom. The van der Waals surface area contributed by atoms with Gasteiger partial charge >= 0.3 is 0 Å². The van der Waals surface area contributed by atoms with Crippen LogP contribution in [0.25, 0.3) is 0 Å². The van der Waals surface area contributed by atoms with Crippen LogP contribution in [0.2, 0.25) is 0 Å². The van der Waals surface area contributed by atoms with Gasteiger partial charge in [-0.2, -0.15) is 5.26 Å². The predicted molar refractivity (Wildman–Crippen MR) is 93.5 cm³/mol. The number of benzene rings is 2. The van der Waals surface area contributed by atoms with Gasteiger partial charge in [-0.1, -0.05) is 30.3 Å². The second kappa shape index (κ2) is 8.00. The maximum absolute atomic E-state index is 12.5. The van der Waals surface area contributed by atoms with Crippen molar-refractivity contribution < 1.29 is 4.79 Å². The van der Waals surface area contributed by atoms with Crippen molar-refractivity contribution in [3.63, 3.8) is 0 Å². The van der Waals surface area contributed by atoms with Crippen molar-refractivity contribution in [2.24, 2.45) is 0 Å². The first kappa shape index (κ1) is 16.6. The predicted octanol–water partition coefficient (Wildman–Crippen LogP) is 3.24. The molecule has 0 spiro atoms. The Balaban J connectivity index is 2.05. The minimum absolute atomic E-state index is 0.0343. The normalized spacial score (nSPS) is 9.96. The first-order valence-electron chi connectivity index (χ1n) is 7.60. The zero-order valence-corrected chi connectivity index (χ0v) is 13.6. The summed E-state index contributed by atoms with van der Waals surface area (Å²) in [6, 6.07) is 19.5. The summed E-state index contributed by atoms with van der Waals surface area (Å²) in [6.07, 6.45) is 1.04. The lowest BCUT2D eigenvalue weighted by atomic mass is 10.1. The number of carbonyl (C=O) groups is 1. The van der Waals surface area contributed by atoms with Gasteiger partial charge in [0.25, 0.3) is 0 Å². The van der Waals surface area contributed by atoms with Crippen LogP contribution in [0.5, 0.6) is 0 Å². The molecule has 0 radical (unpaired) electrons.